The van der Waals surface area contributed by atoms with Gasteiger partial charge in [-0.15, -0.1) is 0 Å². The Hall–Kier alpha value is -1.60. The van der Waals surface area contributed by atoms with Crippen molar-refractivity contribution in [3.8, 4) is 5.75 Å². The Morgan fingerprint density at radius 3 is 2.56 bits per heavy atom. The number of rotatable bonds is 4. The van der Waals surface area contributed by atoms with Crippen LogP contribution in [0.5, 0.6) is 5.75 Å². The molecule has 0 saturated carbocycles. The molecule has 1 amide bonds. The van der Waals surface area contributed by atoms with E-state index in [1.165, 1.54) is 0 Å². The van der Waals surface area contributed by atoms with Crippen molar-refractivity contribution in [3.63, 3.8) is 0 Å². The molecule has 0 aromatic heterocycles. The Kier molecular flexibility index (Phi) is 4.81. The number of hydrogen-bond donors (Lipinski definition) is 2. The maximum atomic E-state index is 12.9. The largest absolute Gasteiger partial charge is 0.487 e. The van der Waals surface area contributed by atoms with Gasteiger partial charge in [0.2, 0.25) is 5.91 Å². The zero-order chi connectivity index (χ0) is 18.2. The van der Waals surface area contributed by atoms with Crippen LogP contribution in [0.4, 0.5) is 0 Å². The van der Waals surface area contributed by atoms with Gasteiger partial charge >= 0.3 is 0 Å². The number of sulfone groups is 1. The van der Waals surface area contributed by atoms with Crippen LogP contribution in [0.25, 0.3) is 0 Å². The van der Waals surface area contributed by atoms with Crippen LogP contribution < -0.4 is 15.4 Å². The molecule has 138 valence electrons. The standard InChI is InChI=1S/C18H26N2O4S/c1-12-14-6-4-5-7-15(14)24-16(12)13(2)20-17(21)18(25(3,22)23)8-10-19-11-9-18/h4-7,12-13,16,19H,8-11H2,1-3H3,(H,20,21). The molecular weight excluding hydrogens is 340 g/mol. The lowest BCUT2D eigenvalue weighted by Crippen LogP contribution is -2.60. The summed E-state index contributed by atoms with van der Waals surface area (Å²) in [4.78, 5) is 12.9. The van der Waals surface area contributed by atoms with Crippen molar-refractivity contribution < 1.29 is 17.9 Å². The zero-order valence-electron chi connectivity index (χ0n) is 14.9. The van der Waals surface area contributed by atoms with Gasteiger partial charge < -0.3 is 15.4 Å². The summed E-state index contributed by atoms with van der Waals surface area (Å²) >= 11 is 0. The topological polar surface area (TPSA) is 84.5 Å². The second kappa shape index (κ2) is 6.61. The number of carbonyl (C=O) groups excluding carboxylic acids is 1. The summed E-state index contributed by atoms with van der Waals surface area (Å²) in [6.45, 7) is 4.99. The summed E-state index contributed by atoms with van der Waals surface area (Å²) in [5.74, 6) is 0.560. The smallest absolute Gasteiger partial charge is 0.241 e. The predicted molar refractivity (Wildman–Crippen MR) is 96.6 cm³/mol. The number of ether oxygens (including phenoxy) is 1. The number of benzene rings is 1. The fraction of sp³-hybridized carbons (Fsp3) is 0.611. The maximum Gasteiger partial charge on any atom is 0.241 e. The summed E-state index contributed by atoms with van der Waals surface area (Å²) in [6, 6.07) is 7.55. The van der Waals surface area contributed by atoms with E-state index in [0.717, 1.165) is 17.6 Å². The third kappa shape index (κ3) is 3.15. The van der Waals surface area contributed by atoms with Crippen LogP contribution in [0.1, 0.15) is 38.2 Å². The van der Waals surface area contributed by atoms with Crippen LogP contribution in [-0.2, 0) is 14.6 Å². The lowest BCUT2D eigenvalue weighted by Gasteiger charge is -2.36. The van der Waals surface area contributed by atoms with E-state index in [0.29, 0.717) is 25.9 Å². The lowest BCUT2D eigenvalue weighted by atomic mass is 9.92. The molecule has 3 unspecified atom stereocenters. The first-order chi connectivity index (χ1) is 11.8. The van der Waals surface area contributed by atoms with Gasteiger partial charge in [-0.05, 0) is 38.9 Å². The quantitative estimate of drug-likeness (QED) is 0.837. The van der Waals surface area contributed by atoms with Gasteiger partial charge in [0.25, 0.3) is 0 Å². The maximum absolute atomic E-state index is 12.9. The Morgan fingerprint density at radius 2 is 1.96 bits per heavy atom. The number of amides is 1. The molecule has 2 aliphatic rings. The highest BCUT2D eigenvalue weighted by molar-refractivity contribution is 7.92. The van der Waals surface area contributed by atoms with Crippen molar-refractivity contribution in [1.82, 2.24) is 10.6 Å². The van der Waals surface area contributed by atoms with Crippen molar-refractivity contribution in [2.24, 2.45) is 0 Å². The average molecular weight is 366 g/mol. The second-order valence-electron chi connectivity index (χ2n) is 7.19. The van der Waals surface area contributed by atoms with Crippen molar-refractivity contribution in [2.75, 3.05) is 19.3 Å². The van der Waals surface area contributed by atoms with E-state index in [4.69, 9.17) is 4.74 Å². The molecule has 2 aliphatic heterocycles. The van der Waals surface area contributed by atoms with E-state index in [1.807, 2.05) is 31.2 Å². The zero-order valence-corrected chi connectivity index (χ0v) is 15.7. The molecule has 0 radical (unpaired) electrons. The van der Waals surface area contributed by atoms with Crippen molar-refractivity contribution >= 4 is 15.7 Å². The Morgan fingerprint density at radius 1 is 1.32 bits per heavy atom. The summed E-state index contributed by atoms with van der Waals surface area (Å²) in [5, 5.41) is 6.06. The molecule has 3 atom stereocenters. The van der Waals surface area contributed by atoms with Crippen molar-refractivity contribution in [3.05, 3.63) is 29.8 Å². The van der Waals surface area contributed by atoms with Crippen LogP contribution in [0.3, 0.4) is 0 Å². The Labute approximate surface area is 149 Å². The highest BCUT2D eigenvalue weighted by Crippen LogP contribution is 2.39. The van der Waals surface area contributed by atoms with Gasteiger partial charge in [0.05, 0.1) is 6.04 Å². The third-order valence-electron chi connectivity index (χ3n) is 5.55. The molecule has 1 fully saturated rings. The first-order valence-corrected chi connectivity index (χ1v) is 10.6. The minimum absolute atomic E-state index is 0.133. The molecule has 0 spiro atoms. The van der Waals surface area contributed by atoms with E-state index >= 15 is 0 Å². The van der Waals surface area contributed by atoms with E-state index in [-0.39, 0.29) is 18.1 Å². The van der Waals surface area contributed by atoms with Crippen LogP contribution in [-0.4, -0.2) is 50.6 Å². The van der Waals surface area contributed by atoms with Gasteiger partial charge in [0.15, 0.2) is 14.6 Å². The van der Waals surface area contributed by atoms with E-state index in [9.17, 15) is 13.2 Å². The molecule has 2 N–H and O–H groups in total. The van der Waals surface area contributed by atoms with Gasteiger partial charge in [-0.25, -0.2) is 8.42 Å². The molecule has 25 heavy (non-hydrogen) atoms. The van der Waals surface area contributed by atoms with Gasteiger partial charge in [-0.1, -0.05) is 25.1 Å². The molecular formula is C18H26N2O4S. The van der Waals surface area contributed by atoms with E-state index in [2.05, 4.69) is 17.6 Å². The molecule has 1 saturated heterocycles. The minimum atomic E-state index is -3.52. The van der Waals surface area contributed by atoms with Crippen LogP contribution in [0.15, 0.2) is 24.3 Å². The van der Waals surface area contributed by atoms with Crippen LogP contribution in [0, 0.1) is 0 Å². The normalized spacial score (nSPS) is 26.4. The molecule has 3 rings (SSSR count). The number of nitrogens with one attached hydrogen (secondary N) is 2. The highest BCUT2D eigenvalue weighted by Gasteiger charge is 2.49. The SMILES string of the molecule is CC(NC(=O)C1(S(C)(=O)=O)CCNCC1)C1Oc2ccccc2C1C. The number of hydrogen-bond acceptors (Lipinski definition) is 5. The molecule has 6 nitrogen and oxygen atoms in total. The van der Waals surface area contributed by atoms with E-state index in [1.54, 1.807) is 0 Å². The number of fused-ring (bicyclic) bond motifs is 1. The molecule has 2 heterocycles. The highest BCUT2D eigenvalue weighted by atomic mass is 32.2. The summed E-state index contributed by atoms with van der Waals surface area (Å²) in [6.07, 6.45) is 1.55. The fourth-order valence-electron chi connectivity index (χ4n) is 3.94. The second-order valence-corrected chi connectivity index (χ2v) is 9.51. The van der Waals surface area contributed by atoms with E-state index < -0.39 is 20.5 Å². The van der Waals surface area contributed by atoms with Crippen molar-refractivity contribution in [2.45, 2.75) is 49.5 Å². The van der Waals surface area contributed by atoms with Gasteiger partial charge in [0, 0.05) is 17.7 Å². The number of carbonyl (C=O) groups is 1. The minimum Gasteiger partial charge on any atom is -0.487 e. The first kappa shape index (κ1) is 18.2. The Bertz CT molecular complexity index is 756. The molecule has 0 aliphatic carbocycles. The molecule has 1 aromatic rings. The van der Waals surface area contributed by atoms with Crippen LogP contribution in [0.2, 0.25) is 0 Å². The number of para-hydroxylation sites is 1. The molecule has 1 aromatic carbocycles. The average Bonchev–Trinajstić information content (AvgIpc) is 2.92. The summed E-state index contributed by atoms with van der Waals surface area (Å²) < 4.78 is 29.4. The summed E-state index contributed by atoms with van der Waals surface area (Å²) in [7, 11) is -3.52. The van der Waals surface area contributed by atoms with Gasteiger partial charge in [-0.2, -0.15) is 0 Å². The Balaban J connectivity index is 1.76. The van der Waals surface area contributed by atoms with Crippen molar-refractivity contribution in [1.29, 1.82) is 0 Å². The van der Waals surface area contributed by atoms with Gasteiger partial charge in [-0.3, -0.25) is 4.79 Å². The first-order valence-electron chi connectivity index (χ1n) is 8.73. The third-order valence-corrected chi connectivity index (χ3v) is 7.56. The molecule has 7 heteroatoms. The fourth-order valence-corrected chi connectivity index (χ4v) is 5.28. The monoisotopic (exact) mass is 366 g/mol. The van der Waals surface area contributed by atoms with Gasteiger partial charge in [0.1, 0.15) is 11.9 Å². The predicted octanol–water partition coefficient (Wildman–Crippen LogP) is 1.22. The van der Waals surface area contributed by atoms with Crippen LogP contribution >= 0.6 is 0 Å². The lowest BCUT2D eigenvalue weighted by molar-refractivity contribution is -0.125. The summed E-state index contributed by atoms with van der Waals surface area (Å²) in [5.41, 5.74) is 1.12. The number of piperidine rings is 1. The molecule has 0 bridgehead atoms.